The molecule has 0 aromatic heterocycles. The molecule has 3 aliphatic rings. The van der Waals surface area contributed by atoms with Gasteiger partial charge in [0.2, 0.25) is 11.0 Å². The quantitative estimate of drug-likeness (QED) is 0.640. The Bertz CT molecular complexity index is 1210. The fourth-order valence-electron chi connectivity index (χ4n) is 4.39. The Hall–Kier alpha value is -3.78. The zero-order valence-corrected chi connectivity index (χ0v) is 19.6. The monoisotopic (exact) mass is 472 g/mol. The molecule has 0 saturated carbocycles. The summed E-state index contributed by atoms with van der Waals surface area (Å²) in [6, 6.07) is 17.3. The van der Waals surface area contributed by atoms with Crippen LogP contribution in [-0.2, 0) is 9.59 Å². The topological polar surface area (TPSA) is 65.5 Å². The first-order valence-corrected chi connectivity index (χ1v) is 11.6. The van der Waals surface area contributed by atoms with Gasteiger partial charge in [0, 0.05) is 37.4 Å². The summed E-state index contributed by atoms with van der Waals surface area (Å²) in [5.41, 5.74) is 2.83. The number of benzene rings is 2. The van der Waals surface area contributed by atoms with Crippen molar-refractivity contribution in [1.29, 1.82) is 0 Å². The van der Waals surface area contributed by atoms with Crippen LogP contribution >= 0.6 is 12.2 Å². The summed E-state index contributed by atoms with van der Waals surface area (Å²) in [6.45, 7) is 2.82. The van der Waals surface area contributed by atoms with Crippen LogP contribution in [0.4, 0.5) is 11.4 Å². The number of para-hydroxylation sites is 1. The van der Waals surface area contributed by atoms with Gasteiger partial charge in [0.05, 0.1) is 24.4 Å². The molecule has 2 aliphatic heterocycles. The number of carbonyl (C=O) groups is 2. The van der Waals surface area contributed by atoms with Gasteiger partial charge in [-0.05, 0) is 54.7 Å². The van der Waals surface area contributed by atoms with Gasteiger partial charge in [-0.25, -0.2) is 4.99 Å². The minimum Gasteiger partial charge on any atom is -0.497 e. The summed E-state index contributed by atoms with van der Waals surface area (Å²) in [5.74, 6) is -0.117. The van der Waals surface area contributed by atoms with E-state index in [-0.39, 0.29) is 16.9 Å². The zero-order chi connectivity index (χ0) is 23.7. The van der Waals surface area contributed by atoms with Gasteiger partial charge in [-0.2, -0.15) is 0 Å². The van der Waals surface area contributed by atoms with Gasteiger partial charge in [0.15, 0.2) is 0 Å². The van der Waals surface area contributed by atoms with Gasteiger partial charge in [-0.3, -0.25) is 14.5 Å². The fourth-order valence-corrected chi connectivity index (χ4v) is 4.69. The molecule has 2 aromatic carbocycles. The van der Waals surface area contributed by atoms with Gasteiger partial charge in [-0.1, -0.05) is 30.4 Å². The summed E-state index contributed by atoms with van der Waals surface area (Å²) in [7, 11) is 1.59. The van der Waals surface area contributed by atoms with Gasteiger partial charge in [-0.15, -0.1) is 0 Å². The number of piperazine rings is 1. The summed E-state index contributed by atoms with van der Waals surface area (Å²) in [6.07, 6.45) is 5.17. The maximum absolute atomic E-state index is 13.2. The molecule has 0 spiro atoms. The third kappa shape index (κ3) is 4.12. The van der Waals surface area contributed by atoms with Gasteiger partial charge < -0.3 is 14.5 Å². The average molecular weight is 473 g/mol. The molecule has 34 heavy (non-hydrogen) atoms. The lowest BCUT2D eigenvalue weighted by atomic mass is 9.91. The maximum Gasteiger partial charge on any atom is 0.254 e. The second kappa shape index (κ2) is 9.23. The number of hydrogen-bond acceptors (Lipinski definition) is 5. The van der Waals surface area contributed by atoms with Crippen LogP contribution in [-0.4, -0.2) is 60.8 Å². The highest BCUT2D eigenvalue weighted by molar-refractivity contribution is 7.80. The van der Waals surface area contributed by atoms with Gasteiger partial charge in [0.25, 0.3) is 5.91 Å². The molecule has 2 aromatic rings. The molecule has 1 saturated heterocycles. The first-order chi connectivity index (χ1) is 16.5. The molecule has 0 bridgehead atoms. The summed E-state index contributed by atoms with van der Waals surface area (Å²) >= 11 is 5.44. The Labute approximate surface area is 203 Å². The van der Waals surface area contributed by atoms with E-state index in [1.165, 1.54) is 10.6 Å². The van der Waals surface area contributed by atoms with E-state index in [2.05, 4.69) is 22.0 Å². The number of methoxy groups -OCH3 is 1. The van der Waals surface area contributed by atoms with E-state index < -0.39 is 5.92 Å². The second-order valence-corrected chi connectivity index (χ2v) is 8.61. The predicted octanol–water partition coefficient (Wildman–Crippen LogP) is 3.23. The minimum absolute atomic E-state index is 0.0546. The number of carbonyl (C=O) groups excluding carboxylic acids is 2. The number of aliphatic imine (C=N–C) groups is 1. The van der Waals surface area contributed by atoms with Crippen molar-refractivity contribution in [1.82, 2.24) is 4.90 Å². The van der Waals surface area contributed by atoms with Gasteiger partial charge in [0.1, 0.15) is 5.75 Å². The lowest BCUT2D eigenvalue weighted by Crippen LogP contribution is -2.50. The number of amides is 2. The van der Waals surface area contributed by atoms with E-state index in [0.29, 0.717) is 35.8 Å². The van der Waals surface area contributed by atoms with Crippen molar-refractivity contribution in [3.05, 3.63) is 78.4 Å². The molecule has 0 N–H and O–H groups in total. The molecule has 5 rings (SSSR count). The number of nitrogens with zero attached hydrogens (tertiary/aromatic N) is 4. The highest BCUT2D eigenvalue weighted by Gasteiger charge is 2.36. The predicted molar refractivity (Wildman–Crippen MR) is 136 cm³/mol. The Morgan fingerprint density at radius 2 is 1.71 bits per heavy atom. The molecular weight excluding hydrogens is 448 g/mol. The molecule has 1 unspecified atom stereocenters. The number of thiocarbonyl (C=S) groups is 1. The number of rotatable bonds is 4. The Kier molecular flexibility index (Phi) is 5.98. The first-order valence-electron chi connectivity index (χ1n) is 11.1. The van der Waals surface area contributed by atoms with Crippen molar-refractivity contribution < 1.29 is 14.3 Å². The van der Waals surface area contributed by atoms with Crippen molar-refractivity contribution in [3.8, 4) is 5.75 Å². The summed E-state index contributed by atoms with van der Waals surface area (Å²) in [4.78, 5) is 36.4. The minimum atomic E-state index is -0.569. The van der Waals surface area contributed by atoms with Crippen molar-refractivity contribution in [2.75, 3.05) is 43.1 Å². The standard InChI is InChI=1S/C26H24N4O3S/c1-33-21-10-8-20(9-11-21)30-25(32)22-12-7-18(17-23(22)27-26(30)34)24(31)29-15-13-28(14-16-29)19-5-3-2-4-6-19/h2-12,17,22H,13-16H2,1H3. The second-order valence-electron chi connectivity index (χ2n) is 8.24. The number of fused-ring (bicyclic) bond motifs is 1. The Balaban J connectivity index is 1.30. The number of allylic oxidation sites excluding steroid dienone is 1. The van der Waals surface area contributed by atoms with Crippen molar-refractivity contribution >= 4 is 46.2 Å². The van der Waals surface area contributed by atoms with Crippen LogP contribution in [0.15, 0.2) is 83.4 Å². The molecule has 0 radical (unpaired) electrons. The normalized spacial score (nSPS) is 20.0. The van der Waals surface area contributed by atoms with E-state index in [4.69, 9.17) is 17.0 Å². The lowest BCUT2D eigenvalue weighted by Gasteiger charge is -2.37. The molecule has 1 aliphatic carbocycles. The van der Waals surface area contributed by atoms with Crippen molar-refractivity contribution in [2.45, 2.75) is 0 Å². The Morgan fingerprint density at radius 3 is 2.38 bits per heavy atom. The highest BCUT2D eigenvalue weighted by Crippen LogP contribution is 2.29. The van der Waals surface area contributed by atoms with Crippen LogP contribution in [0, 0.1) is 5.92 Å². The third-order valence-corrected chi connectivity index (χ3v) is 6.53. The van der Waals surface area contributed by atoms with E-state index in [1.54, 1.807) is 49.6 Å². The average Bonchev–Trinajstić information content (AvgIpc) is 2.89. The SMILES string of the molecule is COc1ccc(N2C(=O)C3C=CC(C(=O)N4CCN(c5ccccc5)CC4)=CC3=NC2=S)cc1. The largest absolute Gasteiger partial charge is 0.497 e. The lowest BCUT2D eigenvalue weighted by molar-refractivity contribution is -0.127. The van der Waals surface area contributed by atoms with Crippen LogP contribution in [0.1, 0.15) is 0 Å². The third-order valence-electron chi connectivity index (χ3n) is 6.26. The molecule has 2 amide bonds. The molecular formula is C26H24N4O3S. The molecule has 2 heterocycles. The van der Waals surface area contributed by atoms with Crippen LogP contribution in [0.3, 0.4) is 0 Å². The van der Waals surface area contributed by atoms with E-state index >= 15 is 0 Å². The first kappa shape index (κ1) is 22.0. The van der Waals surface area contributed by atoms with E-state index in [0.717, 1.165) is 13.1 Å². The number of ether oxygens (including phenoxy) is 1. The molecule has 1 atom stereocenters. The molecule has 172 valence electrons. The highest BCUT2D eigenvalue weighted by atomic mass is 32.1. The van der Waals surface area contributed by atoms with E-state index in [1.807, 2.05) is 23.1 Å². The van der Waals surface area contributed by atoms with Crippen molar-refractivity contribution in [2.24, 2.45) is 10.9 Å². The molecule has 8 heteroatoms. The van der Waals surface area contributed by atoms with Crippen LogP contribution in [0.25, 0.3) is 0 Å². The number of anilines is 2. The van der Waals surface area contributed by atoms with Crippen molar-refractivity contribution in [3.63, 3.8) is 0 Å². The zero-order valence-electron chi connectivity index (χ0n) is 18.8. The van der Waals surface area contributed by atoms with Crippen LogP contribution in [0.5, 0.6) is 5.75 Å². The summed E-state index contributed by atoms with van der Waals surface area (Å²) < 4.78 is 5.19. The van der Waals surface area contributed by atoms with Crippen LogP contribution < -0.4 is 14.5 Å². The van der Waals surface area contributed by atoms with E-state index in [9.17, 15) is 9.59 Å². The molecule has 7 nitrogen and oxygen atoms in total. The Morgan fingerprint density at radius 1 is 1.00 bits per heavy atom. The molecule has 1 fully saturated rings. The maximum atomic E-state index is 13.2. The van der Waals surface area contributed by atoms with Gasteiger partial charge >= 0.3 is 0 Å². The number of hydrogen-bond donors (Lipinski definition) is 0. The smallest absolute Gasteiger partial charge is 0.254 e. The fraction of sp³-hybridized carbons (Fsp3) is 0.231. The summed E-state index contributed by atoms with van der Waals surface area (Å²) in [5, 5.41) is 0.163. The van der Waals surface area contributed by atoms with Crippen LogP contribution in [0.2, 0.25) is 0 Å².